The Labute approximate surface area is 62.8 Å². The van der Waals surface area contributed by atoms with Crippen LogP contribution in [0.2, 0.25) is 0 Å². The summed E-state index contributed by atoms with van der Waals surface area (Å²) in [6.07, 6.45) is 5.90. The van der Waals surface area contributed by atoms with Gasteiger partial charge in [-0.15, -0.1) is 6.58 Å². The van der Waals surface area contributed by atoms with Crippen LogP contribution in [0.5, 0.6) is 0 Å². The fraction of sp³-hybridized carbons (Fsp3) is 0.778. The SMILES string of the molecule is C=CC1(O)CCCC(C)C1. The van der Waals surface area contributed by atoms with Gasteiger partial charge in [0.25, 0.3) is 0 Å². The molecule has 0 aromatic heterocycles. The molecule has 1 aliphatic carbocycles. The van der Waals surface area contributed by atoms with Gasteiger partial charge in [-0.05, 0) is 25.2 Å². The molecule has 1 heteroatoms. The van der Waals surface area contributed by atoms with E-state index >= 15 is 0 Å². The molecule has 1 aliphatic rings. The van der Waals surface area contributed by atoms with Crippen molar-refractivity contribution in [2.45, 2.75) is 38.2 Å². The lowest BCUT2D eigenvalue weighted by molar-refractivity contribution is 0.0322. The van der Waals surface area contributed by atoms with Crippen LogP contribution in [0.4, 0.5) is 0 Å². The lowest BCUT2D eigenvalue weighted by Gasteiger charge is -2.32. The van der Waals surface area contributed by atoms with Crippen molar-refractivity contribution in [3.63, 3.8) is 0 Å². The Kier molecular flexibility index (Phi) is 2.14. The Hall–Kier alpha value is -0.300. The standard InChI is InChI=1S/C9H16O/c1-3-9(10)6-4-5-8(2)7-9/h3,8,10H,1,4-7H2,2H3. The zero-order valence-electron chi connectivity index (χ0n) is 6.64. The molecule has 0 aromatic carbocycles. The van der Waals surface area contributed by atoms with Crippen LogP contribution in [0.15, 0.2) is 12.7 Å². The zero-order chi connectivity index (χ0) is 7.61. The third-order valence-electron chi connectivity index (χ3n) is 2.39. The van der Waals surface area contributed by atoms with Gasteiger partial charge in [0, 0.05) is 0 Å². The van der Waals surface area contributed by atoms with E-state index in [1.165, 1.54) is 6.42 Å². The van der Waals surface area contributed by atoms with E-state index in [2.05, 4.69) is 13.5 Å². The van der Waals surface area contributed by atoms with Crippen LogP contribution in [0.3, 0.4) is 0 Å². The highest BCUT2D eigenvalue weighted by atomic mass is 16.3. The molecule has 0 bridgehead atoms. The van der Waals surface area contributed by atoms with E-state index in [9.17, 15) is 5.11 Å². The first-order valence-corrected chi connectivity index (χ1v) is 4.02. The molecule has 58 valence electrons. The fourth-order valence-electron chi connectivity index (χ4n) is 1.75. The van der Waals surface area contributed by atoms with Crippen molar-refractivity contribution in [3.05, 3.63) is 12.7 Å². The molecule has 0 heterocycles. The second-order valence-corrected chi connectivity index (χ2v) is 3.51. The number of hydrogen-bond acceptors (Lipinski definition) is 1. The topological polar surface area (TPSA) is 20.2 Å². The molecule has 1 fully saturated rings. The average Bonchev–Trinajstić information content (AvgIpc) is 1.88. The summed E-state index contributed by atoms with van der Waals surface area (Å²) in [5, 5.41) is 9.73. The van der Waals surface area contributed by atoms with Crippen molar-refractivity contribution in [1.29, 1.82) is 0 Å². The van der Waals surface area contributed by atoms with Crippen LogP contribution < -0.4 is 0 Å². The number of hydrogen-bond donors (Lipinski definition) is 1. The molecule has 0 amide bonds. The molecule has 1 saturated carbocycles. The highest BCUT2D eigenvalue weighted by Gasteiger charge is 2.28. The first-order chi connectivity index (χ1) is 4.66. The number of aliphatic hydroxyl groups is 1. The summed E-state index contributed by atoms with van der Waals surface area (Å²) in [6.45, 7) is 5.83. The maximum atomic E-state index is 9.73. The molecule has 0 radical (unpaired) electrons. The summed E-state index contributed by atoms with van der Waals surface area (Å²) in [4.78, 5) is 0. The van der Waals surface area contributed by atoms with Gasteiger partial charge in [0.2, 0.25) is 0 Å². The first-order valence-electron chi connectivity index (χ1n) is 4.02. The zero-order valence-corrected chi connectivity index (χ0v) is 6.64. The Balaban J connectivity index is 2.53. The Morgan fingerprint density at radius 3 is 2.80 bits per heavy atom. The van der Waals surface area contributed by atoms with Crippen molar-refractivity contribution in [2.24, 2.45) is 5.92 Å². The van der Waals surface area contributed by atoms with Gasteiger partial charge >= 0.3 is 0 Å². The van der Waals surface area contributed by atoms with E-state index < -0.39 is 5.60 Å². The summed E-state index contributed by atoms with van der Waals surface area (Å²) < 4.78 is 0. The Bertz CT molecular complexity index is 131. The van der Waals surface area contributed by atoms with E-state index in [1.807, 2.05) is 0 Å². The third-order valence-corrected chi connectivity index (χ3v) is 2.39. The molecule has 1 N–H and O–H groups in total. The minimum Gasteiger partial charge on any atom is -0.386 e. The maximum Gasteiger partial charge on any atom is 0.0827 e. The Morgan fingerprint density at radius 2 is 2.40 bits per heavy atom. The van der Waals surface area contributed by atoms with Crippen LogP contribution in [-0.2, 0) is 0 Å². The molecule has 10 heavy (non-hydrogen) atoms. The van der Waals surface area contributed by atoms with Gasteiger partial charge in [-0.25, -0.2) is 0 Å². The molecule has 0 aliphatic heterocycles. The average molecular weight is 140 g/mol. The van der Waals surface area contributed by atoms with Crippen LogP contribution in [0.1, 0.15) is 32.6 Å². The van der Waals surface area contributed by atoms with Crippen LogP contribution >= 0.6 is 0 Å². The maximum absolute atomic E-state index is 9.73. The van der Waals surface area contributed by atoms with Gasteiger partial charge in [-0.2, -0.15) is 0 Å². The van der Waals surface area contributed by atoms with E-state index in [0.29, 0.717) is 5.92 Å². The minimum absolute atomic E-state index is 0.544. The lowest BCUT2D eigenvalue weighted by Crippen LogP contribution is -2.31. The molecule has 2 atom stereocenters. The van der Waals surface area contributed by atoms with Crippen LogP contribution in [0, 0.1) is 5.92 Å². The molecular formula is C9H16O. The van der Waals surface area contributed by atoms with E-state index in [-0.39, 0.29) is 0 Å². The van der Waals surface area contributed by atoms with Crippen molar-refractivity contribution in [3.8, 4) is 0 Å². The van der Waals surface area contributed by atoms with Gasteiger partial charge in [-0.1, -0.05) is 19.4 Å². The molecule has 1 nitrogen and oxygen atoms in total. The van der Waals surface area contributed by atoms with E-state index in [1.54, 1.807) is 6.08 Å². The largest absolute Gasteiger partial charge is 0.386 e. The van der Waals surface area contributed by atoms with Crippen LogP contribution in [0.25, 0.3) is 0 Å². The van der Waals surface area contributed by atoms with Crippen molar-refractivity contribution in [2.75, 3.05) is 0 Å². The monoisotopic (exact) mass is 140 g/mol. The highest BCUT2D eigenvalue weighted by molar-refractivity contribution is 4.98. The molecule has 0 spiro atoms. The summed E-state index contributed by atoms with van der Waals surface area (Å²) in [7, 11) is 0. The normalized spacial score (nSPS) is 41.2. The van der Waals surface area contributed by atoms with Crippen molar-refractivity contribution in [1.82, 2.24) is 0 Å². The van der Waals surface area contributed by atoms with Gasteiger partial charge in [0.1, 0.15) is 0 Å². The second-order valence-electron chi connectivity index (χ2n) is 3.51. The van der Waals surface area contributed by atoms with Gasteiger partial charge < -0.3 is 5.11 Å². The molecular weight excluding hydrogens is 124 g/mol. The molecule has 2 unspecified atom stereocenters. The third kappa shape index (κ3) is 1.60. The van der Waals surface area contributed by atoms with E-state index in [4.69, 9.17) is 0 Å². The summed E-state index contributed by atoms with van der Waals surface area (Å²) in [5.74, 6) is 0.664. The molecule has 1 rings (SSSR count). The quantitative estimate of drug-likeness (QED) is 0.553. The van der Waals surface area contributed by atoms with Gasteiger partial charge in [0.15, 0.2) is 0 Å². The summed E-state index contributed by atoms with van der Waals surface area (Å²) in [5.41, 5.74) is -0.544. The Morgan fingerprint density at radius 1 is 1.70 bits per heavy atom. The first kappa shape index (κ1) is 7.80. The number of rotatable bonds is 1. The minimum atomic E-state index is -0.544. The predicted octanol–water partition coefficient (Wildman–Crippen LogP) is 2.11. The molecule has 0 saturated heterocycles. The lowest BCUT2D eigenvalue weighted by atomic mass is 9.79. The van der Waals surface area contributed by atoms with Crippen molar-refractivity contribution < 1.29 is 5.11 Å². The highest BCUT2D eigenvalue weighted by Crippen LogP contribution is 2.32. The summed E-state index contributed by atoms with van der Waals surface area (Å²) in [6, 6.07) is 0. The molecule has 0 aromatic rings. The summed E-state index contributed by atoms with van der Waals surface area (Å²) >= 11 is 0. The van der Waals surface area contributed by atoms with Gasteiger partial charge in [0.05, 0.1) is 5.60 Å². The fourth-order valence-corrected chi connectivity index (χ4v) is 1.75. The van der Waals surface area contributed by atoms with Crippen molar-refractivity contribution >= 4 is 0 Å². The van der Waals surface area contributed by atoms with E-state index in [0.717, 1.165) is 19.3 Å². The van der Waals surface area contributed by atoms with Crippen LogP contribution in [-0.4, -0.2) is 10.7 Å². The second kappa shape index (κ2) is 2.75. The predicted molar refractivity (Wildman–Crippen MR) is 42.8 cm³/mol. The smallest absolute Gasteiger partial charge is 0.0827 e. The van der Waals surface area contributed by atoms with Gasteiger partial charge in [-0.3, -0.25) is 0 Å².